The normalized spacial score (nSPS) is 19.5. The van der Waals surface area contributed by atoms with Crippen molar-refractivity contribution in [3.8, 4) is 5.75 Å². The summed E-state index contributed by atoms with van der Waals surface area (Å²) >= 11 is 0. The van der Waals surface area contributed by atoms with Crippen LogP contribution in [0.15, 0.2) is 18.2 Å². The minimum atomic E-state index is 0.447. The van der Waals surface area contributed by atoms with E-state index in [1.54, 1.807) is 0 Å². The molecule has 0 amide bonds. The van der Waals surface area contributed by atoms with Crippen LogP contribution in [0.3, 0.4) is 0 Å². The van der Waals surface area contributed by atoms with Crippen molar-refractivity contribution in [3.63, 3.8) is 0 Å². The first-order valence-corrected chi connectivity index (χ1v) is 6.54. The van der Waals surface area contributed by atoms with Crippen molar-refractivity contribution >= 4 is 5.69 Å². The fourth-order valence-corrected chi connectivity index (χ4v) is 2.58. The molecule has 1 aromatic carbocycles. The van der Waals surface area contributed by atoms with Gasteiger partial charge in [-0.15, -0.1) is 0 Å². The molecule has 1 fully saturated rings. The molecule has 1 saturated heterocycles. The summed E-state index contributed by atoms with van der Waals surface area (Å²) in [6.07, 6.45) is 1.12. The Morgan fingerprint density at radius 3 is 2.65 bits per heavy atom. The summed E-state index contributed by atoms with van der Waals surface area (Å²) in [6, 6.07) is 6.11. The molecule has 2 N–H and O–H groups in total. The summed E-state index contributed by atoms with van der Waals surface area (Å²) in [5, 5.41) is 13.5. The van der Waals surface area contributed by atoms with Gasteiger partial charge in [0.05, 0.1) is 0 Å². The van der Waals surface area contributed by atoms with E-state index in [4.69, 9.17) is 0 Å². The van der Waals surface area contributed by atoms with Crippen molar-refractivity contribution in [1.82, 2.24) is 5.32 Å². The van der Waals surface area contributed by atoms with Crippen LogP contribution in [0.1, 0.15) is 31.7 Å². The first kappa shape index (κ1) is 12.2. The van der Waals surface area contributed by atoms with E-state index < -0.39 is 0 Å². The van der Waals surface area contributed by atoms with E-state index in [0.29, 0.717) is 11.7 Å². The van der Waals surface area contributed by atoms with E-state index in [1.165, 1.54) is 0 Å². The number of phenols is 1. The molecular formula is C14H22N2O. The fraction of sp³-hybridized carbons (Fsp3) is 0.571. The number of nitrogens with one attached hydrogen (secondary N) is 1. The molecule has 3 nitrogen and oxygen atoms in total. The van der Waals surface area contributed by atoms with Gasteiger partial charge in [0.25, 0.3) is 0 Å². The Kier molecular flexibility index (Phi) is 3.89. The number of benzene rings is 1. The van der Waals surface area contributed by atoms with Gasteiger partial charge < -0.3 is 15.3 Å². The van der Waals surface area contributed by atoms with Gasteiger partial charge in [-0.2, -0.15) is 0 Å². The summed E-state index contributed by atoms with van der Waals surface area (Å²) < 4.78 is 0. The standard InChI is InChI=1S/C14H22N2O/c1-3-16(4-2)12-5-6-13(14(17)9-12)11-7-8-15-10-11/h5-6,9,11,15,17H,3-4,7-8,10H2,1-2H3. The lowest BCUT2D eigenvalue weighted by Gasteiger charge is -2.22. The van der Waals surface area contributed by atoms with Gasteiger partial charge in [0.2, 0.25) is 0 Å². The molecule has 1 aliphatic heterocycles. The maximum Gasteiger partial charge on any atom is 0.121 e. The number of nitrogens with zero attached hydrogens (tertiary/aromatic N) is 1. The Labute approximate surface area is 103 Å². The molecule has 1 atom stereocenters. The highest BCUT2D eigenvalue weighted by atomic mass is 16.3. The van der Waals surface area contributed by atoms with Crippen LogP contribution in [0.2, 0.25) is 0 Å². The molecule has 2 rings (SSSR count). The maximum absolute atomic E-state index is 10.1. The molecule has 0 spiro atoms. The van der Waals surface area contributed by atoms with Crippen LogP contribution < -0.4 is 10.2 Å². The van der Waals surface area contributed by atoms with Crippen LogP contribution in [0.5, 0.6) is 5.75 Å². The van der Waals surface area contributed by atoms with Gasteiger partial charge in [0, 0.05) is 37.3 Å². The molecule has 0 radical (unpaired) electrons. The van der Waals surface area contributed by atoms with E-state index >= 15 is 0 Å². The molecule has 1 unspecified atom stereocenters. The highest BCUT2D eigenvalue weighted by Gasteiger charge is 2.20. The SMILES string of the molecule is CCN(CC)c1ccc(C2CCNC2)c(O)c1. The zero-order valence-corrected chi connectivity index (χ0v) is 10.7. The molecule has 0 saturated carbocycles. The predicted octanol–water partition coefficient (Wildman–Crippen LogP) is 2.32. The minimum absolute atomic E-state index is 0.447. The van der Waals surface area contributed by atoms with Crippen LogP contribution in [0, 0.1) is 0 Å². The number of phenolic OH excluding ortho intramolecular Hbond substituents is 1. The van der Waals surface area contributed by atoms with E-state index in [0.717, 1.165) is 43.9 Å². The van der Waals surface area contributed by atoms with Crippen LogP contribution in [-0.2, 0) is 0 Å². The molecular weight excluding hydrogens is 212 g/mol. The van der Waals surface area contributed by atoms with Gasteiger partial charge in [-0.05, 0) is 38.4 Å². The Hall–Kier alpha value is -1.22. The van der Waals surface area contributed by atoms with Gasteiger partial charge in [-0.1, -0.05) is 6.07 Å². The van der Waals surface area contributed by atoms with Gasteiger partial charge >= 0.3 is 0 Å². The van der Waals surface area contributed by atoms with Crippen LogP contribution in [0.25, 0.3) is 0 Å². The molecule has 1 heterocycles. The summed E-state index contributed by atoms with van der Waals surface area (Å²) in [6.45, 7) is 8.26. The largest absolute Gasteiger partial charge is 0.508 e. The zero-order chi connectivity index (χ0) is 12.3. The first-order valence-electron chi connectivity index (χ1n) is 6.54. The second kappa shape index (κ2) is 5.41. The lowest BCUT2D eigenvalue weighted by molar-refractivity contribution is 0.462. The average Bonchev–Trinajstić information content (AvgIpc) is 2.84. The van der Waals surface area contributed by atoms with Crippen LogP contribution in [0.4, 0.5) is 5.69 Å². The third kappa shape index (κ3) is 2.55. The van der Waals surface area contributed by atoms with Crippen molar-refractivity contribution in [1.29, 1.82) is 0 Å². The highest BCUT2D eigenvalue weighted by molar-refractivity contribution is 5.54. The molecule has 1 aromatic rings. The quantitative estimate of drug-likeness (QED) is 0.839. The monoisotopic (exact) mass is 234 g/mol. The number of hydrogen-bond acceptors (Lipinski definition) is 3. The summed E-state index contributed by atoms with van der Waals surface area (Å²) in [5.74, 6) is 0.920. The molecule has 94 valence electrons. The smallest absolute Gasteiger partial charge is 0.121 e. The molecule has 3 heteroatoms. The highest BCUT2D eigenvalue weighted by Crippen LogP contribution is 2.33. The molecule has 17 heavy (non-hydrogen) atoms. The number of hydrogen-bond donors (Lipinski definition) is 2. The Morgan fingerprint density at radius 1 is 1.35 bits per heavy atom. The molecule has 0 aliphatic carbocycles. The Balaban J connectivity index is 2.21. The predicted molar refractivity (Wildman–Crippen MR) is 71.9 cm³/mol. The van der Waals surface area contributed by atoms with E-state index in [2.05, 4.69) is 36.2 Å². The van der Waals surface area contributed by atoms with Gasteiger partial charge in [-0.3, -0.25) is 0 Å². The van der Waals surface area contributed by atoms with E-state index in [1.807, 2.05) is 6.07 Å². The van der Waals surface area contributed by atoms with Gasteiger partial charge in [0.15, 0.2) is 0 Å². The van der Waals surface area contributed by atoms with Crippen molar-refractivity contribution in [2.75, 3.05) is 31.1 Å². The van der Waals surface area contributed by atoms with Gasteiger partial charge in [0.1, 0.15) is 5.75 Å². The fourth-order valence-electron chi connectivity index (χ4n) is 2.58. The van der Waals surface area contributed by atoms with Crippen molar-refractivity contribution in [2.45, 2.75) is 26.2 Å². The Bertz CT molecular complexity index is 368. The zero-order valence-electron chi connectivity index (χ0n) is 10.7. The Morgan fingerprint density at radius 2 is 2.12 bits per heavy atom. The van der Waals surface area contributed by atoms with Crippen molar-refractivity contribution < 1.29 is 5.11 Å². The molecule has 0 bridgehead atoms. The van der Waals surface area contributed by atoms with Crippen LogP contribution in [-0.4, -0.2) is 31.3 Å². The summed E-state index contributed by atoms with van der Waals surface area (Å²) in [7, 11) is 0. The summed E-state index contributed by atoms with van der Waals surface area (Å²) in [4.78, 5) is 2.25. The second-order valence-corrected chi connectivity index (χ2v) is 4.61. The summed E-state index contributed by atoms with van der Waals surface area (Å²) in [5.41, 5.74) is 2.20. The molecule has 0 aromatic heterocycles. The number of anilines is 1. The van der Waals surface area contributed by atoms with E-state index in [9.17, 15) is 5.11 Å². The lowest BCUT2D eigenvalue weighted by Crippen LogP contribution is -2.21. The lowest BCUT2D eigenvalue weighted by atomic mass is 9.97. The third-order valence-corrected chi connectivity index (χ3v) is 3.64. The topological polar surface area (TPSA) is 35.5 Å². The number of aromatic hydroxyl groups is 1. The van der Waals surface area contributed by atoms with Crippen LogP contribution >= 0.6 is 0 Å². The second-order valence-electron chi connectivity index (χ2n) is 4.61. The third-order valence-electron chi connectivity index (χ3n) is 3.64. The van der Waals surface area contributed by atoms with Gasteiger partial charge in [-0.25, -0.2) is 0 Å². The minimum Gasteiger partial charge on any atom is -0.508 e. The number of rotatable bonds is 4. The maximum atomic E-state index is 10.1. The average molecular weight is 234 g/mol. The van der Waals surface area contributed by atoms with E-state index in [-0.39, 0.29) is 0 Å². The van der Waals surface area contributed by atoms with Crippen molar-refractivity contribution in [2.24, 2.45) is 0 Å². The first-order chi connectivity index (χ1) is 8.26. The molecule has 1 aliphatic rings. The van der Waals surface area contributed by atoms with Crippen molar-refractivity contribution in [3.05, 3.63) is 23.8 Å².